The van der Waals surface area contributed by atoms with Gasteiger partial charge in [-0.15, -0.1) is 0 Å². The number of fused-ring (bicyclic) bond motifs is 3. The maximum Gasteiger partial charge on any atom is 0.167 e. The molecule has 1 aliphatic rings. The third kappa shape index (κ3) is 4.17. The van der Waals surface area contributed by atoms with Crippen LogP contribution in [0.1, 0.15) is 37.3 Å². The molecule has 1 saturated carbocycles. The van der Waals surface area contributed by atoms with Gasteiger partial charge >= 0.3 is 0 Å². The summed E-state index contributed by atoms with van der Waals surface area (Å²) < 4.78 is 33.5. The fourth-order valence-corrected chi connectivity index (χ4v) is 4.41. The van der Waals surface area contributed by atoms with Gasteiger partial charge in [-0.1, -0.05) is 11.2 Å². The lowest BCUT2D eigenvalue weighted by atomic mass is 9.83. The fraction of sp³-hybridized carbons (Fsp3) is 0.381. The summed E-state index contributed by atoms with van der Waals surface area (Å²) in [5, 5.41) is 6.75. The predicted molar refractivity (Wildman–Crippen MR) is 108 cm³/mol. The minimum atomic E-state index is -3.00. The second-order valence-corrected chi connectivity index (χ2v) is 9.75. The Morgan fingerprint density at radius 3 is 2.79 bits per heavy atom. The van der Waals surface area contributed by atoms with Gasteiger partial charge in [0.1, 0.15) is 32.8 Å². The summed E-state index contributed by atoms with van der Waals surface area (Å²) >= 11 is 0. The van der Waals surface area contributed by atoms with Gasteiger partial charge in [0, 0.05) is 12.7 Å². The molecular formula is C21H21NO6S. The first-order chi connectivity index (χ1) is 13.8. The van der Waals surface area contributed by atoms with E-state index in [0.717, 1.165) is 16.2 Å². The van der Waals surface area contributed by atoms with Crippen molar-refractivity contribution in [3.8, 4) is 5.75 Å². The summed E-state index contributed by atoms with van der Waals surface area (Å²) in [7, 11) is -3.00. The largest absolute Gasteiger partial charge is 0.494 e. The Balaban J connectivity index is 1.63. The van der Waals surface area contributed by atoms with Crippen LogP contribution in [-0.4, -0.2) is 43.8 Å². The Hall–Kier alpha value is -2.74. The molecule has 8 heteroatoms. The summed E-state index contributed by atoms with van der Waals surface area (Å²) in [5.74, 6) is 0.165. The normalized spacial score (nSPS) is 17.9. The van der Waals surface area contributed by atoms with Gasteiger partial charge in [-0.05, 0) is 47.9 Å². The van der Waals surface area contributed by atoms with Crippen molar-refractivity contribution in [3.63, 3.8) is 0 Å². The first-order valence-electron chi connectivity index (χ1n) is 9.49. The maximum absolute atomic E-state index is 12.4. The Labute approximate surface area is 167 Å². The number of ketones is 2. The summed E-state index contributed by atoms with van der Waals surface area (Å²) in [6.45, 7) is 0.309. The molecule has 0 unspecified atom stereocenters. The lowest BCUT2D eigenvalue weighted by Gasteiger charge is -2.18. The molecule has 0 amide bonds. The Morgan fingerprint density at radius 1 is 1.21 bits per heavy atom. The lowest BCUT2D eigenvalue weighted by Crippen LogP contribution is -2.23. The van der Waals surface area contributed by atoms with Crippen molar-refractivity contribution in [3.05, 3.63) is 36.0 Å². The average molecular weight is 415 g/mol. The van der Waals surface area contributed by atoms with E-state index in [9.17, 15) is 18.0 Å². The molecule has 152 valence electrons. The van der Waals surface area contributed by atoms with Gasteiger partial charge in [-0.2, -0.15) is 0 Å². The molecule has 1 atom stereocenters. The van der Waals surface area contributed by atoms with Crippen molar-refractivity contribution in [2.45, 2.75) is 31.6 Å². The second kappa shape index (κ2) is 7.59. The van der Waals surface area contributed by atoms with Gasteiger partial charge in [0.2, 0.25) is 0 Å². The molecule has 0 N–H and O–H groups in total. The van der Waals surface area contributed by atoms with Crippen LogP contribution in [0.4, 0.5) is 0 Å². The number of carbonyl (C=O) groups is 2. The van der Waals surface area contributed by atoms with Gasteiger partial charge in [-0.3, -0.25) is 9.59 Å². The smallest absolute Gasteiger partial charge is 0.167 e. The highest BCUT2D eigenvalue weighted by Crippen LogP contribution is 2.37. The number of carbonyl (C=O) groups excluding carboxylic acids is 2. The first-order valence-corrected chi connectivity index (χ1v) is 11.5. The number of aromatic nitrogens is 1. The molecule has 3 aromatic rings. The molecule has 1 heterocycles. The number of rotatable bonds is 6. The zero-order chi connectivity index (χ0) is 20.6. The van der Waals surface area contributed by atoms with Crippen molar-refractivity contribution in [2.24, 2.45) is 0 Å². The quantitative estimate of drug-likeness (QED) is 0.450. The number of sulfone groups is 1. The number of Topliss-reactive ketones (excluding diaryl/α,β-unsaturated/α-hetero) is 2. The van der Waals surface area contributed by atoms with Gasteiger partial charge in [-0.25, -0.2) is 8.42 Å². The third-order valence-corrected chi connectivity index (χ3v) is 6.21. The van der Waals surface area contributed by atoms with E-state index in [1.54, 1.807) is 6.07 Å². The number of hydrogen-bond donors (Lipinski definition) is 0. The molecule has 2 aromatic carbocycles. The van der Waals surface area contributed by atoms with Crippen molar-refractivity contribution < 1.29 is 27.3 Å². The van der Waals surface area contributed by atoms with E-state index < -0.39 is 15.8 Å². The molecule has 0 saturated heterocycles. The van der Waals surface area contributed by atoms with Gasteiger partial charge < -0.3 is 9.26 Å². The third-order valence-electron chi connectivity index (χ3n) is 5.18. The van der Waals surface area contributed by atoms with Crippen LogP contribution in [-0.2, 0) is 19.4 Å². The topological polar surface area (TPSA) is 104 Å². The molecule has 0 aliphatic heterocycles. The van der Waals surface area contributed by atoms with E-state index in [1.165, 1.54) is 6.26 Å². The van der Waals surface area contributed by atoms with Crippen molar-refractivity contribution >= 4 is 43.1 Å². The minimum Gasteiger partial charge on any atom is -0.494 e. The van der Waals surface area contributed by atoms with E-state index in [1.807, 2.05) is 24.3 Å². The van der Waals surface area contributed by atoms with E-state index >= 15 is 0 Å². The lowest BCUT2D eigenvalue weighted by molar-refractivity contribution is -0.130. The highest BCUT2D eigenvalue weighted by atomic mass is 32.2. The highest BCUT2D eigenvalue weighted by molar-refractivity contribution is 7.90. The number of hydrogen-bond acceptors (Lipinski definition) is 7. The van der Waals surface area contributed by atoms with Gasteiger partial charge in [0.25, 0.3) is 0 Å². The maximum atomic E-state index is 12.4. The molecule has 0 spiro atoms. The highest BCUT2D eigenvalue weighted by Gasteiger charge is 2.32. The SMILES string of the molecule is CS(=O)(=O)CCCOc1ccc2c(ccc3onc([C@@H]4CCC(=O)CC4=O)c32)c1. The van der Waals surface area contributed by atoms with Crippen LogP contribution in [0.25, 0.3) is 21.7 Å². The van der Waals surface area contributed by atoms with Crippen LogP contribution >= 0.6 is 0 Å². The Bertz CT molecular complexity index is 1210. The van der Waals surface area contributed by atoms with E-state index in [4.69, 9.17) is 9.26 Å². The van der Waals surface area contributed by atoms with Gasteiger partial charge in [0.15, 0.2) is 5.58 Å². The molecule has 4 rings (SSSR count). The van der Waals surface area contributed by atoms with Crippen LogP contribution in [0.5, 0.6) is 5.75 Å². The van der Waals surface area contributed by atoms with E-state index in [-0.39, 0.29) is 23.7 Å². The average Bonchev–Trinajstić information content (AvgIpc) is 3.08. The molecule has 1 fully saturated rings. The minimum absolute atomic E-state index is 0.0263. The summed E-state index contributed by atoms with van der Waals surface area (Å²) in [6, 6.07) is 9.27. The Morgan fingerprint density at radius 2 is 2.03 bits per heavy atom. The summed E-state index contributed by atoms with van der Waals surface area (Å²) in [4.78, 5) is 23.9. The summed E-state index contributed by atoms with van der Waals surface area (Å²) in [5.41, 5.74) is 1.18. The molecule has 7 nitrogen and oxygen atoms in total. The molecule has 0 radical (unpaired) electrons. The van der Waals surface area contributed by atoms with Crippen LogP contribution in [0, 0.1) is 0 Å². The zero-order valence-electron chi connectivity index (χ0n) is 16.0. The number of nitrogens with zero attached hydrogens (tertiary/aromatic N) is 1. The van der Waals surface area contributed by atoms with E-state index in [0.29, 0.717) is 42.9 Å². The van der Waals surface area contributed by atoms with Crippen molar-refractivity contribution in [2.75, 3.05) is 18.6 Å². The zero-order valence-corrected chi connectivity index (χ0v) is 16.8. The predicted octanol–water partition coefficient (Wildman–Crippen LogP) is 3.20. The number of ether oxygens (including phenoxy) is 1. The van der Waals surface area contributed by atoms with Crippen LogP contribution in [0.3, 0.4) is 0 Å². The monoisotopic (exact) mass is 415 g/mol. The second-order valence-electron chi connectivity index (χ2n) is 7.49. The van der Waals surface area contributed by atoms with Crippen LogP contribution in [0.15, 0.2) is 34.9 Å². The van der Waals surface area contributed by atoms with Crippen LogP contribution < -0.4 is 4.74 Å². The van der Waals surface area contributed by atoms with E-state index in [2.05, 4.69) is 5.16 Å². The molecule has 0 bridgehead atoms. The standard InChI is InChI=1S/C21H21NO6S/c1-29(25,26)10-2-9-27-15-5-7-16-13(11-15)3-8-19-20(16)21(22-28-19)17-6-4-14(23)12-18(17)24/h3,5,7-8,11,17H,2,4,6,9-10,12H2,1H3/t17-/m1/s1. The molecular weight excluding hydrogens is 394 g/mol. The van der Waals surface area contributed by atoms with Crippen molar-refractivity contribution in [1.82, 2.24) is 5.16 Å². The van der Waals surface area contributed by atoms with Gasteiger partial charge in [0.05, 0.1) is 30.1 Å². The molecule has 1 aliphatic carbocycles. The summed E-state index contributed by atoms with van der Waals surface area (Å²) in [6.07, 6.45) is 2.42. The fourth-order valence-electron chi connectivity index (χ4n) is 3.77. The van der Waals surface area contributed by atoms with Crippen LogP contribution in [0.2, 0.25) is 0 Å². The first kappa shape index (κ1) is 19.6. The number of benzene rings is 2. The molecule has 29 heavy (non-hydrogen) atoms. The Kier molecular flexibility index (Phi) is 5.12. The molecule has 1 aromatic heterocycles. The van der Waals surface area contributed by atoms with Crippen molar-refractivity contribution in [1.29, 1.82) is 0 Å².